The summed E-state index contributed by atoms with van der Waals surface area (Å²) in [4.78, 5) is 14.1. The van der Waals surface area contributed by atoms with E-state index in [4.69, 9.17) is 4.99 Å². The van der Waals surface area contributed by atoms with E-state index in [0.717, 1.165) is 56.5 Å². The average molecular weight is 423 g/mol. The molecule has 2 heterocycles. The standard InChI is InChI=1S/C25H38N6/c1-4-26-25(27-15-14-21(2)30(3)20-22-10-6-5-7-11-22)29-19-23-12-13-24(28-18-23)31-16-8-9-17-31/h5-7,10-13,18,21H,4,8-9,14-17,19-20H2,1-3H3,(H2,26,27,29). The van der Waals surface area contributed by atoms with Crippen molar-refractivity contribution in [2.24, 2.45) is 4.99 Å². The highest BCUT2D eigenvalue weighted by Crippen LogP contribution is 2.17. The van der Waals surface area contributed by atoms with Crippen molar-refractivity contribution in [3.63, 3.8) is 0 Å². The van der Waals surface area contributed by atoms with Crippen LogP contribution in [-0.4, -0.2) is 55.1 Å². The molecule has 1 unspecified atom stereocenters. The third-order valence-corrected chi connectivity index (χ3v) is 5.88. The Balaban J connectivity index is 1.44. The number of nitrogens with zero attached hydrogens (tertiary/aromatic N) is 4. The molecule has 0 spiro atoms. The molecular weight excluding hydrogens is 384 g/mol. The van der Waals surface area contributed by atoms with Crippen molar-refractivity contribution in [2.45, 2.75) is 52.2 Å². The number of guanidine groups is 1. The largest absolute Gasteiger partial charge is 0.357 e. The number of nitrogens with one attached hydrogen (secondary N) is 2. The number of anilines is 1. The predicted octanol–water partition coefficient (Wildman–Crippen LogP) is 3.65. The second kappa shape index (κ2) is 12.3. The molecule has 1 aliphatic heterocycles. The van der Waals surface area contributed by atoms with Gasteiger partial charge in [-0.1, -0.05) is 36.4 Å². The molecule has 1 aromatic heterocycles. The predicted molar refractivity (Wildman–Crippen MR) is 130 cm³/mol. The summed E-state index contributed by atoms with van der Waals surface area (Å²) in [7, 11) is 2.19. The van der Waals surface area contributed by atoms with Gasteiger partial charge in [-0.2, -0.15) is 0 Å². The van der Waals surface area contributed by atoms with Gasteiger partial charge in [-0.15, -0.1) is 0 Å². The molecule has 31 heavy (non-hydrogen) atoms. The van der Waals surface area contributed by atoms with Gasteiger partial charge >= 0.3 is 0 Å². The Labute approximate surface area is 187 Å². The molecule has 6 nitrogen and oxygen atoms in total. The molecule has 1 aromatic carbocycles. The fourth-order valence-electron chi connectivity index (χ4n) is 3.80. The molecule has 2 aromatic rings. The summed E-state index contributed by atoms with van der Waals surface area (Å²) in [5, 5.41) is 6.83. The monoisotopic (exact) mass is 422 g/mol. The van der Waals surface area contributed by atoms with Gasteiger partial charge < -0.3 is 15.5 Å². The van der Waals surface area contributed by atoms with Crippen LogP contribution in [0.1, 0.15) is 44.2 Å². The molecule has 0 saturated carbocycles. The smallest absolute Gasteiger partial charge is 0.191 e. The maximum Gasteiger partial charge on any atom is 0.191 e. The summed E-state index contributed by atoms with van der Waals surface area (Å²) in [6.45, 7) is 9.96. The number of aliphatic imine (C=N–C) groups is 1. The van der Waals surface area contributed by atoms with Gasteiger partial charge in [0.25, 0.3) is 0 Å². The lowest BCUT2D eigenvalue weighted by atomic mass is 10.1. The van der Waals surface area contributed by atoms with Crippen LogP contribution in [0.25, 0.3) is 0 Å². The molecule has 168 valence electrons. The zero-order chi connectivity index (χ0) is 21.9. The van der Waals surface area contributed by atoms with E-state index in [-0.39, 0.29) is 0 Å². The van der Waals surface area contributed by atoms with Crippen molar-refractivity contribution >= 4 is 11.8 Å². The van der Waals surface area contributed by atoms with Crippen molar-refractivity contribution in [2.75, 3.05) is 38.1 Å². The summed E-state index contributed by atoms with van der Waals surface area (Å²) in [6, 6.07) is 15.4. The van der Waals surface area contributed by atoms with Crippen LogP contribution in [0.15, 0.2) is 53.7 Å². The Bertz CT molecular complexity index is 783. The Morgan fingerprint density at radius 1 is 1.10 bits per heavy atom. The normalized spacial score (nSPS) is 15.4. The SMILES string of the molecule is CCNC(=NCc1ccc(N2CCCC2)nc1)NCCC(C)N(C)Cc1ccccc1. The molecule has 0 radical (unpaired) electrons. The fourth-order valence-corrected chi connectivity index (χ4v) is 3.80. The van der Waals surface area contributed by atoms with Gasteiger partial charge in [-0.3, -0.25) is 4.90 Å². The molecule has 2 N–H and O–H groups in total. The van der Waals surface area contributed by atoms with Crippen LogP contribution >= 0.6 is 0 Å². The minimum Gasteiger partial charge on any atom is -0.357 e. The average Bonchev–Trinajstić information content (AvgIpc) is 3.33. The number of hydrogen-bond donors (Lipinski definition) is 2. The van der Waals surface area contributed by atoms with Crippen molar-refractivity contribution in [1.82, 2.24) is 20.5 Å². The Kier molecular flexibility index (Phi) is 9.16. The highest BCUT2D eigenvalue weighted by atomic mass is 15.2. The van der Waals surface area contributed by atoms with Gasteiger partial charge in [0.2, 0.25) is 0 Å². The minimum atomic E-state index is 0.484. The molecular formula is C25H38N6. The molecule has 1 fully saturated rings. The third-order valence-electron chi connectivity index (χ3n) is 5.88. The quantitative estimate of drug-likeness (QED) is 0.452. The maximum absolute atomic E-state index is 4.75. The number of hydrogen-bond acceptors (Lipinski definition) is 4. The molecule has 1 aliphatic rings. The Morgan fingerprint density at radius 3 is 2.55 bits per heavy atom. The zero-order valence-corrected chi connectivity index (χ0v) is 19.3. The topological polar surface area (TPSA) is 55.8 Å². The van der Waals surface area contributed by atoms with E-state index < -0.39 is 0 Å². The second-order valence-electron chi connectivity index (χ2n) is 8.38. The summed E-state index contributed by atoms with van der Waals surface area (Å²) in [5.74, 6) is 1.95. The lowest BCUT2D eigenvalue weighted by molar-refractivity contribution is 0.238. The van der Waals surface area contributed by atoms with Crippen LogP contribution in [0.5, 0.6) is 0 Å². The first-order valence-electron chi connectivity index (χ1n) is 11.6. The van der Waals surface area contributed by atoms with E-state index >= 15 is 0 Å². The van der Waals surface area contributed by atoms with Gasteiger partial charge in [0.1, 0.15) is 5.82 Å². The number of aromatic nitrogens is 1. The van der Waals surface area contributed by atoms with Crippen molar-refractivity contribution < 1.29 is 0 Å². The fraction of sp³-hybridized carbons (Fsp3) is 0.520. The lowest BCUT2D eigenvalue weighted by Gasteiger charge is -2.25. The third kappa shape index (κ3) is 7.55. The van der Waals surface area contributed by atoms with E-state index in [9.17, 15) is 0 Å². The zero-order valence-electron chi connectivity index (χ0n) is 19.3. The highest BCUT2D eigenvalue weighted by Gasteiger charge is 2.13. The van der Waals surface area contributed by atoms with Gasteiger partial charge in [0.15, 0.2) is 5.96 Å². The van der Waals surface area contributed by atoms with Gasteiger partial charge in [0.05, 0.1) is 6.54 Å². The summed E-state index contributed by atoms with van der Waals surface area (Å²) in [5.41, 5.74) is 2.49. The van der Waals surface area contributed by atoms with Crippen molar-refractivity contribution in [3.8, 4) is 0 Å². The number of rotatable bonds is 10. The van der Waals surface area contributed by atoms with Gasteiger partial charge in [-0.05, 0) is 57.4 Å². The lowest BCUT2D eigenvalue weighted by Crippen LogP contribution is -2.40. The van der Waals surface area contributed by atoms with Gasteiger partial charge in [0, 0.05) is 45.0 Å². The molecule has 1 saturated heterocycles. The molecule has 1 atom stereocenters. The van der Waals surface area contributed by atoms with E-state index in [2.05, 4.69) is 88.8 Å². The Hall–Kier alpha value is -2.60. The van der Waals surface area contributed by atoms with Gasteiger partial charge in [-0.25, -0.2) is 9.98 Å². The summed E-state index contributed by atoms with van der Waals surface area (Å²) in [6.07, 6.45) is 5.55. The van der Waals surface area contributed by atoms with E-state index in [1.54, 1.807) is 0 Å². The highest BCUT2D eigenvalue weighted by molar-refractivity contribution is 5.79. The maximum atomic E-state index is 4.75. The van der Waals surface area contributed by atoms with Crippen LogP contribution < -0.4 is 15.5 Å². The number of benzene rings is 1. The summed E-state index contributed by atoms with van der Waals surface area (Å²) >= 11 is 0. The Morgan fingerprint density at radius 2 is 1.87 bits per heavy atom. The second-order valence-corrected chi connectivity index (χ2v) is 8.38. The van der Waals surface area contributed by atoms with E-state index in [1.165, 1.54) is 18.4 Å². The minimum absolute atomic E-state index is 0.484. The van der Waals surface area contributed by atoms with Crippen LogP contribution in [-0.2, 0) is 13.1 Å². The van der Waals surface area contributed by atoms with Crippen LogP contribution in [0.3, 0.4) is 0 Å². The van der Waals surface area contributed by atoms with E-state index in [1.807, 2.05) is 6.20 Å². The van der Waals surface area contributed by atoms with Crippen LogP contribution in [0, 0.1) is 0 Å². The summed E-state index contributed by atoms with van der Waals surface area (Å²) < 4.78 is 0. The molecule has 0 aliphatic carbocycles. The van der Waals surface area contributed by atoms with Crippen molar-refractivity contribution in [3.05, 3.63) is 59.8 Å². The molecule has 0 amide bonds. The first-order chi connectivity index (χ1) is 15.2. The van der Waals surface area contributed by atoms with Crippen molar-refractivity contribution in [1.29, 1.82) is 0 Å². The van der Waals surface area contributed by atoms with Crippen LogP contribution in [0.2, 0.25) is 0 Å². The van der Waals surface area contributed by atoms with Crippen LogP contribution in [0.4, 0.5) is 5.82 Å². The molecule has 0 bridgehead atoms. The first kappa shape index (κ1) is 23.1. The number of pyridine rings is 1. The molecule has 6 heteroatoms. The molecule has 3 rings (SSSR count). The first-order valence-corrected chi connectivity index (χ1v) is 11.6. The van der Waals surface area contributed by atoms with E-state index in [0.29, 0.717) is 12.6 Å².